The van der Waals surface area contributed by atoms with Crippen LogP contribution in [0.3, 0.4) is 0 Å². The summed E-state index contributed by atoms with van der Waals surface area (Å²) in [7, 11) is 0. The van der Waals surface area contributed by atoms with Crippen LogP contribution in [0.2, 0.25) is 0 Å². The zero-order valence-corrected chi connectivity index (χ0v) is 24.9. The van der Waals surface area contributed by atoms with Crippen LogP contribution in [0.25, 0.3) is 0 Å². The van der Waals surface area contributed by atoms with Crippen LogP contribution in [-0.4, -0.2) is 99.7 Å². The largest absolute Gasteiger partial charge is 0.480 e. The van der Waals surface area contributed by atoms with Crippen LogP contribution in [0.4, 0.5) is 0 Å². The first kappa shape index (κ1) is 35.8. The number of carboxylic acid groups (broad SMARTS) is 2. The molecular weight excluding hydrogens is 578 g/mol. The van der Waals surface area contributed by atoms with Gasteiger partial charge in [0.2, 0.25) is 17.7 Å². The van der Waals surface area contributed by atoms with E-state index in [9.17, 15) is 39.3 Å². The second-order valence-corrected chi connectivity index (χ2v) is 10.7. The van der Waals surface area contributed by atoms with Crippen molar-refractivity contribution < 1.29 is 43.7 Å². The Kier molecular flexibility index (Phi) is 13.8. The Bertz CT molecular complexity index is 1240. The van der Waals surface area contributed by atoms with Crippen LogP contribution < -0.4 is 27.4 Å². The summed E-state index contributed by atoms with van der Waals surface area (Å²) < 4.78 is 5.54. The number of unbranched alkanes of at least 4 members (excludes halogenated alkanes) is 1. The predicted molar refractivity (Wildman–Crippen MR) is 158 cm³/mol. The molecule has 1 aromatic rings. The minimum Gasteiger partial charge on any atom is -0.480 e. The number of carbonyl (C=O) groups excluding carboxylic acids is 3. The smallest absolute Gasteiger partial charge is 0.339 e. The molecule has 0 fully saturated rings. The van der Waals surface area contributed by atoms with E-state index in [0.717, 1.165) is 5.57 Å². The van der Waals surface area contributed by atoms with Crippen LogP contribution in [-0.2, 0) is 32.0 Å². The van der Waals surface area contributed by atoms with Crippen molar-refractivity contribution in [2.75, 3.05) is 19.6 Å². The fourth-order valence-corrected chi connectivity index (χ4v) is 4.50. The number of nitrogens with two attached hydrogens (primary N) is 2. The van der Waals surface area contributed by atoms with Crippen molar-refractivity contribution in [3.63, 3.8) is 0 Å². The Hall–Kier alpha value is -4.44. The van der Waals surface area contributed by atoms with E-state index in [-0.39, 0.29) is 48.9 Å². The summed E-state index contributed by atoms with van der Waals surface area (Å²) in [4.78, 5) is 62.6. The molecule has 244 valence electrons. The number of aryl methyl sites for hydroxylation is 1. The number of carbonyl (C=O) groups is 5. The monoisotopic (exact) mass is 621 g/mol. The minimum atomic E-state index is -1.33. The summed E-state index contributed by atoms with van der Waals surface area (Å²) in [5.41, 5.74) is 12.0. The summed E-state index contributed by atoms with van der Waals surface area (Å²) in [5.74, 6) is -3.97. The maximum atomic E-state index is 12.9. The first-order valence-corrected chi connectivity index (χ1v) is 14.4. The van der Waals surface area contributed by atoms with E-state index < -0.39 is 53.9 Å². The molecule has 0 aromatic carbocycles. The molecule has 2 rings (SSSR count). The van der Waals surface area contributed by atoms with Gasteiger partial charge >= 0.3 is 11.9 Å². The fraction of sp³-hybridized carbons (Fsp3) is 0.571. The van der Waals surface area contributed by atoms with Crippen LogP contribution in [0.1, 0.15) is 67.8 Å². The number of hydrogen-bond acceptors (Lipinski definition) is 9. The number of aliphatic hydroxyl groups is 1. The van der Waals surface area contributed by atoms with E-state index in [1.807, 2.05) is 13.0 Å². The standard InChI is InChI=1S/C28H43N7O9/c1-3-6-21-18(26(40)41)12-17(44-21)13-20(27(42)43)33-22(37)7-4-5-9-32-24(38)19(34-25(39)23(29)15(2)36)11-16-8-10-35(14-16)28(30)31/h8,12,15,19-20,23,36H,3-7,9-11,13-14,29H2,1-2H3,(H3,30,31)(H,32,38)(H,33,37)(H,34,39)(H,40,41)(H,42,43). The molecule has 0 aliphatic carbocycles. The molecule has 1 aliphatic heterocycles. The lowest BCUT2D eigenvalue weighted by Crippen LogP contribution is -2.54. The van der Waals surface area contributed by atoms with Crippen molar-refractivity contribution in [3.8, 4) is 0 Å². The Labute approximate surface area is 254 Å². The van der Waals surface area contributed by atoms with Crippen molar-refractivity contribution in [1.82, 2.24) is 20.9 Å². The van der Waals surface area contributed by atoms with Gasteiger partial charge in [-0.15, -0.1) is 0 Å². The zero-order chi connectivity index (χ0) is 33.0. The molecule has 1 aliphatic rings. The molecule has 4 atom stereocenters. The Morgan fingerprint density at radius 1 is 1.09 bits per heavy atom. The number of aromatic carboxylic acids is 1. The Morgan fingerprint density at radius 2 is 1.80 bits per heavy atom. The number of nitrogens with zero attached hydrogens (tertiary/aromatic N) is 1. The normalized spacial score (nSPS) is 15.5. The highest BCUT2D eigenvalue weighted by molar-refractivity contribution is 5.90. The minimum absolute atomic E-state index is 0.0313. The first-order valence-electron chi connectivity index (χ1n) is 14.4. The van der Waals surface area contributed by atoms with Crippen molar-refractivity contribution in [1.29, 1.82) is 5.41 Å². The maximum Gasteiger partial charge on any atom is 0.339 e. The third-order valence-electron chi connectivity index (χ3n) is 6.99. The van der Waals surface area contributed by atoms with Crippen molar-refractivity contribution in [2.24, 2.45) is 11.5 Å². The van der Waals surface area contributed by atoms with Crippen molar-refractivity contribution >= 4 is 35.6 Å². The summed E-state index contributed by atoms with van der Waals surface area (Å²) in [5, 5.41) is 43.8. The van der Waals surface area contributed by atoms with Crippen LogP contribution in [0.15, 0.2) is 22.1 Å². The van der Waals surface area contributed by atoms with E-state index in [0.29, 0.717) is 38.8 Å². The van der Waals surface area contributed by atoms with Crippen molar-refractivity contribution in [3.05, 3.63) is 34.8 Å². The summed E-state index contributed by atoms with van der Waals surface area (Å²) in [6.45, 7) is 4.09. The molecular formula is C28H43N7O9. The summed E-state index contributed by atoms with van der Waals surface area (Å²) in [6, 6.07) is -2.30. The van der Waals surface area contributed by atoms with Gasteiger partial charge in [0.05, 0.1) is 6.10 Å². The highest BCUT2D eigenvalue weighted by Gasteiger charge is 2.29. The van der Waals surface area contributed by atoms with E-state index in [1.54, 1.807) is 4.90 Å². The lowest BCUT2D eigenvalue weighted by molar-refractivity contribution is -0.141. The number of nitrogens with one attached hydrogen (secondary N) is 4. The molecule has 1 aromatic heterocycles. The van der Waals surface area contributed by atoms with Crippen LogP contribution in [0.5, 0.6) is 0 Å². The molecule has 0 radical (unpaired) electrons. The van der Waals surface area contributed by atoms with Gasteiger partial charge in [0, 0.05) is 38.9 Å². The van der Waals surface area contributed by atoms with E-state index in [2.05, 4.69) is 16.0 Å². The molecule has 0 spiro atoms. The van der Waals surface area contributed by atoms with Gasteiger partial charge in [-0.3, -0.25) is 19.8 Å². The zero-order valence-electron chi connectivity index (χ0n) is 24.9. The van der Waals surface area contributed by atoms with E-state index >= 15 is 0 Å². The second-order valence-electron chi connectivity index (χ2n) is 10.7. The third kappa shape index (κ3) is 11.0. The van der Waals surface area contributed by atoms with Gasteiger partial charge in [-0.2, -0.15) is 0 Å². The number of furan rings is 1. The third-order valence-corrected chi connectivity index (χ3v) is 6.99. The van der Waals surface area contributed by atoms with E-state index in [4.69, 9.17) is 21.3 Å². The number of hydrogen-bond donors (Lipinski definition) is 9. The molecule has 44 heavy (non-hydrogen) atoms. The lowest BCUT2D eigenvalue weighted by atomic mass is 10.0. The number of rotatable bonds is 18. The molecule has 0 saturated carbocycles. The Morgan fingerprint density at radius 3 is 2.36 bits per heavy atom. The molecule has 16 heteroatoms. The number of guanidine groups is 1. The molecule has 0 saturated heterocycles. The Balaban J connectivity index is 1.87. The number of carboxylic acids is 2. The van der Waals surface area contributed by atoms with Gasteiger partial charge in [-0.1, -0.05) is 18.6 Å². The van der Waals surface area contributed by atoms with Gasteiger partial charge in [0.1, 0.15) is 35.2 Å². The van der Waals surface area contributed by atoms with Gasteiger partial charge in [-0.05, 0) is 38.7 Å². The molecule has 16 nitrogen and oxygen atoms in total. The molecule has 4 unspecified atom stereocenters. The SMILES string of the molecule is CCCc1oc(CC(NC(=O)CCCCNC(=O)C(CC2=CCN(C(=N)N)C2)NC(=O)C(N)C(C)O)C(=O)O)cc1C(=O)O. The first-order chi connectivity index (χ1) is 20.7. The summed E-state index contributed by atoms with van der Waals surface area (Å²) in [6.07, 6.45) is 2.24. The second kappa shape index (κ2) is 17.0. The number of aliphatic carboxylic acids is 1. The van der Waals surface area contributed by atoms with Crippen molar-refractivity contribution in [2.45, 2.75) is 83.0 Å². The molecule has 3 amide bonds. The molecule has 11 N–H and O–H groups in total. The number of amides is 3. The quantitative estimate of drug-likeness (QED) is 0.0415. The topological polar surface area (TPSA) is 274 Å². The average molecular weight is 622 g/mol. The maximum absolute atomic E-state index is 12.9. The highest BCUT2D eigenvalue weighted by Crippen LogP contribution is 2.19. The molecule has 2 heterocycles. The van der Waals surface area contributed by atoms with Gasteiger partial charge < -0.3 is 52.1 Å². The van der Waals surface area contributed by atoms with Gasteiger partial charge in [0.25, 0.3) is 0 Å². The molecule has 0 bridgehead atoms. The predicted octanol–water partition coefficient (Wildman–Crippen LogP) is -0.953. The van der Waals surface area contributed by atoms with E-state index in [1.165, 1.54) is 13.0 Å². The highest BCUT2D eigenvalue weighted by atomic mass is 16.4. The lowest BCUT2D eigenvalue weighted by Gasteiger charge is -2.23. The van der Waals surface area contributed by atoms with Gasteiger partial charge in [0.15, 0.2) is 5.96 Å². The summed E-state index contributed by atoms with van der Waals surface area (Å²) >= 11 is 0. The van der Waals surface area contributed by atoms with Crippen LogP contribution in [0, 0.1) is 5.41 Å². The number of aliphatic hydroxyl groups excluding tert-OH is 1. The van der Waals surface area contributed by atoms with Crippen LogP contribution >= 0.6 is 0 Å². The van der Waals surface area contributed by atoms with Gasteiger partial charge in [-0.25, -0.2) is 9.59 Å². The average Bonchev–Trinajstić information content (AvgIpc) is 3.59. The fourth-order valence-electron chi connectivity index (χ4n) is 4.50.